The summed E-state index contributed by atoms with van der Waals surface area (Å²) in [6.45, 7) is 4.35. The fourth-order valence-electron chi connectivity index (χ4n) is 3.78. The number of carbonyl (C=O) groups is 2. The molecular weight excluding hydrogens is 458 g/mol. The van der Waals surface area contributed by atoms with Crippen molar-refractivity contribution in [3.8, 4) is 11.5 Å². The van der Waals surface area contributed by atoms with Gasteiger partial charge in [-0.15, -0.1) is 6.58 Å². The van der Waals surface area contributed by atoms with Crippen molar-refractivity contribution in [1.82, 2.24) is 9.47 Å². The number of aromatic nitrogens is 1. The number of para-hydroxylation sites is 1. The minimum atomic E-state index is -0.182. The zero-order valence-corrected chi connectivity index (χ0v) is 19.1. The van der Waals surface area contributed by atoms with Crippen molar-refractivity contribution in [3.63, 3.8) is 0 Å². The van der Waals surface area contributed by atoms with Crippen LogP contribution in [0.2, 0.25) is 0 Å². The van der Waals surface area contributed by atoms with Crippen LogP contribution in [-0.4, -0.2) is 38.9 Å². The summed E-state index contributed by atoms with van der Waals surface area (Å²) < 4.78 is 13.1. The summed E-state index contributed by atoms with van der Waals surface area (Å²) in [5, 5.41) is 3.84. The Kier molecular flexibility index (Phi) is 5.65. The van der Waals surface area contributed by atoms with Crippen molar-refractivity contribution >= 4 is 62.8 Å². The molecule has 7 nitrogen and oxygen atoms in total. The van der Waals surface area contributed by atoms with Crippen LogP contribution < -0.4 is 14.8 Å². The first-order valence-corrected chi connectivity index (χ1v) is 11.4. The first kappa shape index (κ1) is 21.3. The maximum atomic E-state index is 12.8. The van der Waals surface area contributed by atoms with E-state index < -0.39 is 0 Å². The van der Waals surface area contributed by atoms with Gasteiger partial charge in [-0.1, -0.05) is 48.3 Å². The predicted octanol–water partition coefficient (Wildman–Crippen LogP) is 4.40. The Balaban J connectivity index is 1.40. The number of thiocarbonyl (C=S) groups is 1. The predicted molar refractivity (Wildman–Crippen MR) is 133 cm³/mol. The van der Waals surface area contributed by atoms with E-state index in [1.54, 1.807) is 24.3 Å². The van der Waals surface area contributed by atoms with Gasteiger partial charge in [-0.2, -0.15) is 0 Å². The second kappa shape index (κ2) is 8.76. The molecule has 0 bridgehead atoms. The molecule has 2 amide bonds. The number of anilines is 1. The molecule has 0 spiro atoms. The monoisotopic (exact) mass is 477 g/mol. The molecule has 166 valence electrons. The molecule has 0 atom stereocenters. The van der Waals surface area contributed by atoms with Crippen molar-refractivity contribution in [2.75, 3.05) is 18.7 Å². The standard InChI is InChI=1S/C24H19N3O4S2/c1-2-9-27-23(29)21(33-24(27)32)10-15-12-26(18-6-4-3-5-17(15)18)13-22(28)25-16-7-8-19-20(11-16)31-14-30-19/h2-8,10-12H,1,9,13-14H2,(H,25,28)/b21-10+. The molecule has 2 aromatic carbocycles. The summed E-state index contributed by atoms with van der Waals surface area (Å²) >= 11 is 6.60. The number of hydrogen-bond donors (Lipinski definition) is 1. The van der Waals surface area contributed by atoms with Gasteiger partial charge in [0.25, 0.3) is 5.91 Å². The minimum Gasteiger partial charge on any atom is -0.454 e. The second-order valence-electron chi connectivity index (χ2n) is 7.43. The highest BCUT2D eigenvalue weighted by atomic mass is 32.2. The third-order valence-corrected chi connectivity index (χ3v) is 6.64. The molecule has 3 heterocycles. The number of benzene rings is 2. The number of ether oxygens (including phenoxy) is 2. The van der Waals surface area contributed by atoms with E-state index in [-0.39, 0.29) is 25.2 Å². The van der Waals surface area contributed by atoms with E-state index in [4.69, 9.17) is 21.7 Å². The van der Waals surface area contributed by atoms with Gasteiger partial charge >= 0.3 is 0 Å². The Morgan fingerprint density at radius 1 is 1.21 bits per heavy atom. The molecule has 9 heteroatoms. The summed E-state index contributed by atoms with van der Waals surface area (Å²) in [6.07, 6.45) is 5.36. The quantitative estimate of drug-likeness (QED) is 0.322. The number of nitrogens with one attached hydrogen (secondary N) is 1. The van der Waals surface area contributed by atoms with Crippen LogP contribution in [0.5, 0.6) is 11.5 Å². The molecule has 2 aliphatic rings. The molecule has 1 fully saturated rings. The van der Waals surface area contributed by atoms with Gasteiger partial charge in [0.05, 0.1) is 4.91 Å². The molecule has 2 aliphatic heterocycles. The largest absolute Gasteiger partial charge is 0.454 e. The Bertz CT molecular complexity index is 1340. The topological polar surface area (TPSA) is 72.8 Å². The average Bonchev–Trinajstić information content (AvgIpc) is 3.47. The second-order valence-corrected chi connectivity index (χ2v) is 9.10. The maximum absolute atomic E-state index is 12.8. The zero-order valence-electron chi connectivity index (χ0n) is 17.4. The van der Waals surface area contributed by atoms with Gasteiger partial charge in [0.1, 0.15) is 10.9 Å². The van der Waals surface area contributed by atoms with Crippen LogP contribution >= 0.6 is 24.0 Å². The SMILES string of the molecule is C=CCN1C(=O)/C(=C\c2cn(CC(=O)Nc3ccc4c(c3)OCO4)c3ccccc23)SC1=S. The Labute approximate surface area is 199 Å². The number of thioether (sulfide) groups is 1. The van der Waals surface area contributed by atoms with Crippen LogP contribution in [0, 0.1) is 0 Å². The summed E-state index contributed by atoms with van der Waals surface area (Å²) in [5.74, 6) is 0.948. The molecule has 1 saturated heterocycles. The Hall–Kier alpha value is -3.56. The molecule has 33 heavy (non-hydrogen) atoms. The lowest BCUT2D eigenvalue weighted by atomic mass is 10.1. The number of amides is 2. The van der Waals surface area contributed by atoms with E-state index >= 15 is 0 Å². The van der Waals surface area contributed by atoms with Crippen molar-refractivity contribution in [1.29, 1.82) is 0 Å². The third-order valence-electron chi connectivity index (χ3n) is 5.26. The fourth-order valence-corrected chi connectivity index (χ4v) is 5.04. The molecular formula is C24H19N3O4S2. The molecule has 1 N–H and O–H groups in total. The zero-order chi connectivity index (χ0) is 22.9. The van der Waals surface area contributed by atoms with Crippen LogP contribution in [0.4, 0.5) is 5.69 Å². The van der Waals surface area contributed by atoms with E-state index in [1.165, 1.54) is 16.7 Å². The average molecular weight is 478 g/mol. The van der Waals surface area contributed by atoms with Crippen molar-refractivity contribution < 1.29 is 19.1 Å². The first-order chi connectivity index (χ1) is 16.0. The highest BCUT2D eigenvalue weighted by Crippen LogP contribution is 2.35. The summed E-state index contributed by atoms with van der Waals surface area (Å²) in [5.41, 5.74) is 2.37. The van der Waals surface area contributed by atoms with E-state index in [0.717, 1.165) is 16.5 Å². The van der Waals surface area contributed by atoms with Crippen LogP contribution in [0.1, 0.15) is 5.56 Å². The van der Waals surface area contributed by atoms with Crippen LogP contribution in [0.3, 0.4) is 0 Å². The molecule has 1 aromatic heterocycles. The molecule has 5 rings (SSSR count). The van der Waals surface area contributed by atoms with Gasteiger partial charge < -0.3 is 19.4 Å². The lowest BCUT2D eigenvalue weighted by Crippen LogP contribution is -2.27. The van der Waals surface area contributed by atoms with Crippen LogP contribution in [-0.2, 0) is 16.1 Å². The Morgan fingerprint density at radius 3 is 2.88 bits per heavy atom. The van der Waals surface area contributed by atoms with Crippen molar-refractivity contribution in [2.45, 2.75) is 6.54 Å². The highest BCUT2D eigenvalue weighted by molar-refractivity contribution is 8.26. The van der Waals surface area contributed by atoms with Gasteiger partial charge in [-0.25, -0.2) is 0 Å². The maximum Gasteiger partial charge on any atom is 0.266 e. The third kappa shape index (κ3) is 4.12. The van der Waals surface area contributed by atoms with E-state index in [1.807, 2.05) is 41.1 Å². The lowest BCUT2D eigenvalue weighted by molar-refractivity contribution is -0.121. The Morgan fingerprint density at radius 2 is 2.03 bits per heavy atom. The van der Waals surface area contributed by atoms with E-state index in [2.05, 4.69) is 11.9 Å². The van der Waals surface area contributed by atoms with Crippen molar-refractivity contribution in [3.05, 3.63) is 71.8 Å². The number of rotatable bonds is 6. The summed E-state index contributed by atoms with van der Waals surface area (Å²) in [7, 11) is 0. The minimum absolute atomic E-state index is 0.111. The smallest absolute Gasteiger partial charge is 0.266 e. The number of nitrogens with zero attached hydrogens (tertiary/aromatic N) is 2. The van der Waals surface area contributed by atoms with Crippen LogP contribution in [0.25, 0.3) is 17.0 Å². The number of carbonyl (C=O) groups excluding carboxylic acids is 2. The first-order valence-electron chi connectivity index (χ1n) is 10.2. The highest BCUT2D eigenvalue weighted by Gasteiger charge is 2.31. The number of hydrogen-bond acceptors (Lipinski definition) is 6. The summed E-state index contributed by atoms with van der Waals surface area (Å²) in [6, 6.07) is 13.0. The van der Waals surface area contributed by atoms with Gasteiger partial charge in [-0.05, 0) is 24.3 Å². The lowest BCUT2D eigenvalue weighted by Gasteiger charge is -2.10. The molecule has 0 aliphatic carbocycles. The van der Waals surface area contributed by atoms with Gasteiger partial charge in [-0.3, -0.25) is 14.5 Å². The molecule has 3 aromatic rings. The van der Waals surface area contributed by atoms with Crippen LogP contribution in [0.15, 0.2) is 66.2 Å². The normalized spacial score (nSPS) is 16.1. The van der Waals surface area contributed by atoms with Gasteiger partial charge in [0.15, 0.2) is 11.5 Å². The van der Waals surface area contributed by atoms with Gasteiger partial charge in [0.2, 0.25) is 12.7 Å². The van der Waals surface area contributed by atoms with E-state index in [9.17, 15) is 9.59 Å². The van der Waals surface area contributed by atoms with E-state index in [0.29, 0.717) is 33.0 Å². The fraction of sp³-hybridized carbons (Fsp3) is 0.125. The molecule has 0 unspecified atom stereocenters. The summed E-state index contributed by atoms with van der Waals surface area (Å²) in [4.78, 5) is 27.6. The van der Waals surface area contributed by atoms with Gasteiger partial charge in [0, 0.05) is 41.0 Å². The van der Waals surface area contributed by atoms with Crippen molar-refractivity contribution in [2.24, 2.45) is 0 Å². The molecule has 0 radical (unpaired) electrons. The number of fused-ring (bicyclic) bond motifs is 2. The molecule has 0 saturated carbocycles.